The molecule has 1 amide bonds. The second-order valence-electron chi connectivity index (χ2n) is 6.40. The summed E-state index contributed by atoms with van der Waals surface area (Å²) in [4.78, 5) is 34.4. The second kappa shape index (κ2) is 7.21. The summed E-state index contributed by atoms with van der Waals surface area (Å²) in [6.07, 6.45) is -0.608. The standard InChI is InChI=1S/C16H22N2O5/c1-10(11(2)17-15(20)23-16(3,4)5)14(19)12-7-6-8-13(9-12)18(21)22/h6-11H,1-5H3,(H,17,20). The van der Waals surface area contributed by atoms with E-state index in [-0.39, 0.29) is 17.0 Å². The molecule has 0 saturated carbocycles. The van der Waals surface area contributed by atoms with Gasteiger partial charge in [0, 0.05) is 29.7 Å². The molecule has 1 rings (SSSR count). The molecule has 0 spiro atoms. The number of amides is 1. The number of ketones is 1. The maximum atomic E-state index is 12.4. The van der Waals surface area contributed by atoms with Gasteiger partial charge in [0.05, 0.1) is 4.92 Å². The smallest absolute Gasteiger partial charge is 0.407 e. The number of carbonyl (C=O) groups excluding carboxylic acids is 2. The van der Waals surface area contributed by atoms with E-state index in [0.29, 0.717) is 0 Å². The molecule has 7 nitrogen and oxygen atoms in total. The fourth-order valence-corrected chi connectivity index (χ4v) is 1.88. The van der Waals surface area contributed by atoms with Gasteiger partial charge in [-0.05, 0) is 27.7 Å². The lowest BCUT2D eigenvalue weighted by atomic mass is 9.93. The molecule has 0 aliphatic carbocycles. The Morgan fingerprint density at radius 3 is 2.39 bits per heavy atom. The molecule has 0 saturated heterocycles. The number of nitrogens with one attached hydrogen (secondary N) is 1. The summed E-state index contributed by atoms with van der Waals surface area (Å²) in [7, 11) is 0. The Hall–Kier alpha value is -2.44. The number of nitrogens with zero attached hydrogens (tertiary/aromatic N) is 1. The van der Waals surface area contributed by atoms with E-state index >= 15 is 0 Å². The molecule has 0 heterocycles. The first-order valence-corrected chi connectivity index (χ1v) is 7.29. The summed E-state index contributed by atoms with van der Waals surface area (Å²) < 4.78 is 5.14. The average molecular weight is 322 g/mol. The van der Waals surface area contributed by atoms with Crippen molar-refractivity contribution in [2.75, 3.05) is 0 Å². The summed E-state index contributed by atoms with van der Waals surface area (Å²) in [6.45, 7) is 8.58. The second-order valence-corrected chi connectivity index (χ2v) is 6.40. The van der Waals surface area contributed by atoms with Crippen LogP contribution in [0.2, 0.25) is 0 Å². The van der Waals surface area contributed by atoms with Crippen molar-refractivity contribution in [3.8, 4) is 0 Å². The molecule has 0 bridgehead atoms. The molecule has 126 valence electrons. The van der Waals surface area contributed by atoms with Gasteiger partial charge in [-0.2, -0.15) is 0 Å². The topological polar surface area (TPSA) is 98.5 Å². The van der Waals surface area contributed by atoms with Crippen LogP contribution in [0, 0.1) is 16.0 Å². The number of non-ortho nitro benzene ring substituents is 1. The highest BCUT2D eigenvalue weighted by Crippen LogP contribution is 2.18. The fraction of sp³-hybridized carbons (Fsp3) is 0.500. The van der Waals surface area contributed by atoms with Gasteiger partial charge in [0.2, 0.25) is 0 Å². The summed E-state index contributed by atoms with van der Waals surface area (Å²) in [5, 5.41) is 13.4. The highest BCUT2D eigenvalue weighted by atomic mass is 16.6. The molecule has 0 aliphatic rings. The molecule has 0 radical (unpaired) electrons. The highest BCUT2D eigenvalue weighted by Gasteiger charge is 2.26. The van der Waals surface area contributed by atoms with Crippen molar-refractivity contribution in [3.05, 3.63) is 39.9 Å². The summed E-state index contributed by atoms with van der Waals surface area (Å²) in [5.74, 6) is -0.832. The molecule has 0 aliphatic heterocycles. The van der Waals surface area contributed by atoms with Crippen molar-refractivity contribution in [3.63, 3.8) is 0 Å². The minimum absolute atomic E-state index is 0.143. The van der Waals surface area contributed by atoms with Gasteiger partial charge in [-0.1, -0.05) is 19.1 Å². The predicted molar refractivity (Wildman–Crippen MR) is 85.4 cm³/mol. The van der Waals surface area contributed by atoms with E-state index in [1.54, 1.807) is 34.6 Å². The lowest BCUT2D eigenvalue weighted by Crippen LogP contribution is -2.42. The van der Waals surface area contributed by atoms with Gasteiger partial charge in [0.25, 0.3) is 5.69 Å². The Bertz CT molecular complexity index is 607. The molecule has 1 N–H and O–H groups in total. The fourth-order valence-electron chi connectivity index (χ4n) is 1.88. The van der Waals surface area contributed by atoms with Crippen LogP contribution in [0.25, 0.3) is 0 Å². The van der Waals surface area contributed by atoms with Gasteiger partial charge in [-0.15, -0.1) is 0 Å². The number of alkyl carbamates (subject to hydrolysis) is 1. The summed E-state index contributed by atoms with van der Waals surface area (Å²) in [5.41, 5.74) is -0.530. The molecule has 2 atom stereocenters. The first kappa shape index (κ1) is 18.6. The van der Waals surface area contributed by atoms with E-state index in [1.807, 2.05) is 0 Å². The van der Waals surface area contributed by atoms with Crippen LogP contribution in [-0.4, -0.2) is 28.4 Å². The number of rotatable bonds is 5. The molecular weight excluding hydrogens is 300 g/mol. The SMILES string of the molecule is CC(NC(=O)OC(C)(C)C)C(C)C(=O)c1cccc([N+](=O)[O-])c1. The van der Waals surface area contributed by atoms with Gasteiger partial charge >= 0.3 is 6.09 Å². The molecule has 7 heteroatoms. The molecule has 1 aromatic rings. The Morgan fingerprint density at radius 2 is 1.87 bits per heavy atom. The number of benzene rings is 1. The third kappa shape index (κ3) is 5.69. The molecule has 0 fully saturated rings. The lowest BCUT2D eigenvalue weighted by Gasteiger charge is -2.24. The van der Waals surface area contributed by atoms with Crippen LogP contribution in [0.1, 0.15) is 45.0 Å². The van der Waals surface area contributed by atoms with Crippen molar-refractivity contribution >= 4 is 17.6 Å². The monoisotopic (exact) mass is 322 g/mol. The zero-order chi connectivity index (χ0) is 17.8. The molecule has 2 unspecified atom stereocenters. The highest BCUT2D eigenvalue weighted by molar-refractivity contribution is 5.98. The third-order valence-electron chi connectivity index (χ3n) is 3.25. The first-order valence-electron chi connectivity index (χ1n) is 7.29. The van der Waals surface area contributed by atoms with Crippen LogP contribution < -0.4 is 5.32 Å². The summed E-state index contributed by atoms with van der Waals surface area (Å²) in [6, 6.07) is 5.07. The zero-order valence-corrected chi connectivity index (χ0v) is 14.0. The van der Waals surface area contributed by atoms with Gasteiger partial charge < -0.3 is 10.1 Å². The first-order chi connectivity index (χ1) is 10.5. The molecule has 23 heavy (non-hydrogen) atoms. The van der Waals surface area contributed by atoms with Crippen LogP contribution in [0.3, 0.4) is 0 Å². The zero-order valence-electron chi connectivity index (χ0n) is 14.0. The van der Waals surface area contributed by atoms with E-state index in [0.717, 1.165) is 0 Å². The van der Waals surface area contributed by atoms with E-state index in [9.17, 15) is 19.7 Å². The largest absolute Gasteiger partial charge is 0.444 e. The number of nitro groups is 1. The Morgan fingerprint density at radius 1 is 1.26 bits per heavy atom. The van der Waals surface area contributed by atoms with Crippen molar-refractivity contribution in [1.29, 1.82) is 0 Å². The quantitative estimate of drug-likeness (QED) is 0.509. The van der Waals surface area contributed by atoms with Crippen LogP contribution in [0.15, 0.2) is 24.3 Å². The number of nitro benzene ring substituents is 1. The lowest BCUT2D eigenvalue weighted by molar-refractivity contribution is -0.384. The van der Waals surface area contributed by atoms with Crippen LogP contribution in [0.5, 0.6) is 0 Å². The molecule has 1 aromatic carbocycles. The predicted octanol–water partition coefficient (Wildman–Crippen LogP) is 3.33. The number of Topliss-reactive ketones (excluding diaryl/α,β-unsaturated/α-hetero) is 1. The molecular formula is C16H22N2O5. The van der Waals surface area contributed by atoms with Crippen LogP contribution in [-0.2, 0) is 4.74 Å². The van der Waals surface area contributed by atoms with Crippen LogP contribution in [0.4, 0.5) is 10.5 Å². The minimum atomic E-state index is -0.628. The summed E-state index contributed by atoms with van der Waals surface area (Å²) >= 11 is 0. The van der Waals surface area contributed by atoms with Crippen molar-refractivity contribution in [2.24, 2.45) is 5.92 Å². The van der Waals surface area contributed by atoms with Gasteiger partial charge in [-0.3, -0.25) is 14.9 Å². The van der Waals surface area contributed by atoms with Crippen LogP contribution >= 0.6 is 0 Å². The van der Waals surface area contributed by atoms with Crippen molar-refractivity contribution in [2.45, 2.75) is 46.3 Å². The van der Waals surface area contributed by atoms with E-state index in [1.165, 1.54) is 24.3 Å². The normalized spacial score (nSPS) is 13.8. The van der Waals surface area contributed by atoms with E-state index in [4.69, 9.17) is 4.74 Å². The van der Waals surface area contributed by atoms with Gasteiger partial charge in [0.1, 0.15) is 5.60 Å². The number of carbonyl (C=O) groups is 2. The number of hydrogen-bond donors (Lipinski definition) is 1. The van der Waals surface area contributed by atoms with Gasteiger partial charge in [0.15, 0.2) is 5.78 Å². The van der Waals surface area contributed by atoms with E-state index < -0.39 is 28.6 Å². The van der Waals surface area contributed by atoms with Crippen molar-refractivity contribution in [1.82, 2.24) is 5.32 Å². The minimum Gasteiger partial charge on any atom is -0.444 e. The van der Waals surface area contributed by atoms with Crippen molar-refractivity contribution < 1.29 is 19.2 Å². The maximum absolute atomic E-state index is 12.4. The third-order valence-corrected chi connectivity index (χ3v) is 3.25. The maximum Gasteiger partial charge on any atom is 0.407 e. The number of ether oxygens (including phenoxy) is 1. The number of hydrogen-bond acceptors (Lipinski definition) is 5. The Kier molecular flexibility index (Phi) is 5.84. The molecule has 0 aromatic heterocycles. The Balaban J connectivity index is 2.78. The van der Waals surface area contributed by atoms with Gasteiger partial charge in [-0.25, -0.2) is 4.79 Å². The Labute approximate surface area is 135 Å². The average Bonchev–Trinajstić information content (AvgIpc) is 2.43. The van der Waals surface area contributed by atoms with E-state index in [2.05, 4.69) is 5.32 Å².